The smallest absolute Gasteiger partial charge is 0.159 e. The van der Waals surface area contributed by atoms with Crippen molar-refractivity contribution in [1.29, 1.82) is 0 Å². The highest BCUT2D eigenvalue weighted by Gasteiger charge is 2.03. The van der Waals surface area contributed by atoms with E-state index in [-0.39, 0.29) is 0 Å². The van der Waals surface area contributed by atoms with E-state index >= 15 is 0 Å². The number of aryl methyl sites for hydroxylation is 2. The molecule has 2 rings (SSSR count). The Balaban J connectivity index is 1.62. The average molecular weight is 437 g/mol. The van der Waals surface area contributed by atoms with Crippen LogP contribution in [0.2, 0.25) is 0 Å². The molecule has 0 N–H and O–H groups in total. The van der Waals surface area contributed by atoms with E-state index in [1.807, 2.05) is 12.4 Å². The quantitative estimate of drug-likeness (QED) is 0.217. The summed E-state index contributed by atoms with van der Waals surface area (Å²) in [4.78, 5) is 9.26. The fraction of sp³-hybridized carbons (Fsp3) is 0.667. The van der Waals surface area contributed by atoms with E-state index in [9.17, 15) is 0 Å². The predicted molar refractivity (Wildman–Crippen MR) is 140 cm³/mol. The molecule has 0 aliphatic carbocycles. The van der Waals surface area contributed by atoms with Crippen LogP contribution in [0.25, 0.3) is 11.4 Å². The topological polar surface area (TPSA) is 25.8 Å². The second-order valence-electron chi connectivity index (χ2n) is 9.80. The first-order valence-electron chi connectivity index (χ1n) is 13.6. The summed E-state index contributed by atoms with van der Waals surface area (Å²) < 4.78 is 0. The molecule has 1 unspecified atom stereocenters. The van der Waals surface area contributed by atoms with Gasteiger partial charge in [-0.3, -0.25) is 0 Å². The summed E-state index contributed by atoms with van der Waals surface area (Å²) in [5, 5.41) is 0. The summed E-state index contributed by atoms with van der Waals surface area (Å²) in [6.45, 7) is 6.95. The Morgan fingerprint density at radius 3 is 1.75 bits per heavy atom. The zero-order valence-corrected chi connectivity index (χ0v) is 21.2. The van der Waals surface area contributed by atoms with E-state index in [4.69, 9.17) is 0 Å². The van der Waals surface area contributed by atoms with Crippen molar-refractivity contribution in [3.8, 4) is 11.4 Å². The minimum absolute atomic E-state index is 0.848. The predicted octanol–water partition coefficient (Wildman–Crippen LogP) is 9.37. The zero-order chi connectivity index (χ0) is 22.9. The molecule has 0 spiro atoms. The molecule has 32 heavy (non-hydrogen) atoms. The molecule has 1 atom stereocenters. The standard InChI is InChI=1S/C30H48N2/c1-4-6-7-8-9-12-16-19-28-24-31-30(32-25-28)29-22-20-27(21-23-29)18-15-13-10-11-14-17-26(3)5-2/h20-26H,4-19H2,1-3H3. The van der Waals surface area contributed by atoms with Crippen molar-refractivity contribution >= 4 is 0 Å². The summed E-state index contributed by atoms with van der Waals surface area (Å²) >= 11 is 0. The van der Waals surface area contributed by atoms with Gasteiger partial charge in [0.2, 0.25) is 0 Å². The van der Waals surface area contributed by atoms with Crippen molar-refractivity contribution in [3.05, 3.63) is 47.8 Å². The van der Waals surface area contributed by atoms with Crippen LogP contribution in [0.4, 0.5) is 0 Å². The normalized spacial score (nSPS) is 12.2. The lowest BCUT2D eigenvalue weighted by Gasteiger charge is -2.07. The number of rotatable bonds is 18. The number of hydrogen-bond acceptors (Lipinski definition) is 2. The zero-order valence-electron chi connectivity index (χ0n) is 21.2. The van der Waals surface area contributed by atoms with Crippen LogP contribution in [0.1, 0.15) is 122 Å². The third-order valence-electron chi connectivity index (χ3n) is 6.85. The second kappa shape index (κ2) is 16.9. The molecule has 0 radical (unpaired) electrons. The summed E-state index contributed by atoms with van der Waals surface area (Å²) in [5.74, 6) is 1.75. The second-order valence-corrected chi connectivity index (χ2v) is 9.80. The molecule has 1 aromatic carbocycles. The first-order chi connectivity index (χ1) is 15.7. The summed E-state index contributed by atoms with van der Waals surface area (Å²) in [5.41, 5.74) is 3.83. The van der Waals surface area contributed by atoms with Gasteiger partial charge < -0.3 is 0 Å². The minimum Gasteiger partial charge on any atom is -0.236 e. The maximum absolute atomic E-state index is 4.63. The van der Waals surface area contributed by atoms with Gasteiger partial charge in [0.15, 0.2) is 5.82 Å². The van der Waals surface area contributed by atoms with Crippen LogP contribution in [-0.4, -0.2) is 9.97 Å². The third kappa shape index (κ3) is 11.2. The Morgan fingerprint density at radius 1 is 0.625 bits per heavy atom. The highest BCUT2D eigenvalue weighted by molar-refractivity contribution is 5.55. The van der Waals surface area contributed by atoms with E-state index < -0.39 is 0 Å². The minimum atomic E-state index is 0.848. The van der Waals surface area contributed by atoms with Crippen molar-refractivity contribution in [3.63, 3.8) is 0 Å². The Morgan fingerprint density at radius 2 is 1.16 bits per heavy atom. The maximum Gasteiger partial charge on any atom is 0.159 e. The van der Waals surface area contributed by atoms with Gasteiger partial charge in [-0.15, -0.1) is 0 Å². The van der Waals surface area contributed by atoms with Crippen molar-refractivity contribution in [2.24, 2.45) is 5.92 Å². The molecular formula is C30H48N2. The SMILES string of the molecule is CCCCCCCCCc1cnc(-c2ccc(CCCCCCCC(C)CC)cc2)nc1. The molecule has 1 aromatic heterocycles. The van der Waals surface area contributed by atoms with E-state index in [0.29, 0.717) is 0 Å². The number of aromatic nitrogens is 2. The van der Waals surface area contributed by atoms with E-state index in [1.54, 1.807) is 0 Å². The Kier molecular flexibility index (Phi) is 14.0. The van der Waals surface area contributed by atoms with Crippen LogP contribution >= 0.6 is 0 Å². The number of unbranched alkanes of at least 4 members (excludes halogenated alkanes) is 10. The van der Waals surface area contributed by atoms with Gasteiger partial charge in [-0.05, 0) is 42.7 Å². The van der Waals surface area contributed by atoms with E-state index in [0.717, 1.165) is 23.7 Å². The summed E-state index contributed by atoms with van der Waals surface area (Å²) in [7, 11) is 0. The lowest BCUT2D eigenvalue weighted by atomic mass is 9.99. The number of benzene rings is 1. The largest absolute Gasteiger partial charge is 0.236 e. The highest BCUT2D eigenvalue weighted by atomic mass is 14.9. The molecule has 0 bridgehead atoms. The molecule has 0 aliphatic rings. The lowest BCUT2D eigenvalue weighted by Crippen LogP contribution is -1.94. The molecule has 2 heteroatoms. The van der Waals surface area contributed by atoms with Crippen LogP contribution in [-0.2, 0) is 12.8 Å². The van der Waals surface area contributed by atoms with Crippen molar-refractivity contribution in [2.75, 3.05) is 0 Å². The first kappa shape index (κ1) is 26.6. The summed E-state index contributed by atoms with van der Waals surface area (Å²) in [6, 6.07) is 8.89. The van der Waals surface area contributed by atoms with Crippen molar-refractivity contribution < 1.29 is 0 Å². The van der Waals surface area contributed by atoms with Gasteiger partial charge in [0.05, 0.1) is 0 Å². The average Bonchev–Trinajstić information content (AvgIpc) is 2.83. The van der Waals surface area contributed by atoms with Crippen molar-refractivity contribution in [2.45, 2.75) is 124 Å². The molecule has 2 nitrogen and oxygen atoms in total. The molecule has 0 aliphatic heterocycles. The summed E-state index contributed by atoms with van der Waals surface area (Å²) in [6.07, 6.45) is 25.3. The fourth-order valence-corrected chi connectivity index (χ4v) is 4.30. The number of nitrogens with zero attached hydrogens (tertiary/aromatic N) is 2. The third-order valence-corrected chi connectivity index (χ3v) is 6.85. The molecule has 178 valence electrons. The Labute approximate surface area is 198 Å². The van der Waals surface area contributed by atoms with E-state index in [2.05, 4.69) is 55.0 Å². The number of hydrogen-bond donors (Lipinski definition) is 0. The molecule has 0 fully saturated rings. The maximum atomic E-state index is 4.63. The Bertz CT molecular complexity index is 690. The van der Waals surface area contributed by atoms with Gasteiger partial charge in [0.25, 0.3) is 0 Å². The van der Waals surface area contributed by atoms with Crippen LogP contribution in [0.15, 0.2) is 36.7 Å². The molecule has 1 heterocycles. The molecule has 2 aromatic rings. The van der Waals surface area contributed by atoms with Crippen LogP contribution in [0.5, 0.6) is 0 Å². The lowest BCUT2D eigenvalue weighted by molar-refractivity contribution is 0.472. The van der Waals surface area contributed by atoms with Gasteiger partial charge in [0.1, 0.15) is 0 Å². The van der Waals surface area contributed by atoms with Crippen LogP contribution in [0.3, 0.4) is 0 Å². The van der Waals surface area contributed by atoms with Gasteiger partial charge in [-0.25, -0.2) is 9.97 Å². The van der Waals surface area contributed by atoms with Gasteiger partial charge in [-0.1, -0.05) is 122 Å². The molecule has 0 saturated heterocycles. The fourth-order valence-electron chi connectivity index (χ4n) is 4.30. The van der Waals surface area contributed by atoms with Gasteiger partial charge in [0, 0.05) is 18.0 Å². The monoisotopic (exact) mass is 436 g/mol. The van der Waals surface area contributed by atoms with E-state index in [1.165, 1.54) is 107 Å². The first-order valence-corrected chi connectivity index (χ1v) is 13.6. The van der Waals surface area contributed by atoms with Gasteiger partial charge in [-0.2, -0.15) is 0 Å². The van der Waals surface area contributed by atoms with Crippen molar-refractivity contribution in [1.82, 2.24) is 9.97 Å². The Hall–Kier alpha value is -1.70. The molecule has 0 amide bonds. The molecule has 0 saturated carbocycles. The molecular weight excluding hydrogens is 388 g/mol. The van der Waals surface area contributed by atoms with Gasteiger partial charge >= 0.3 is 0 Å². The van der Waals surface area contributed by atoms with Crippen LogP contribution in [0, 0.1) is 5.92 Å². The highest BCUT2D eigenvalue weighted by Crippen LogP contribution is 2.18. The van der Waals surface area contributed by atoms with Crippen LogP contribution < -0.4 is 0 Å².